The maximum atomic E-state index is 12.6. The summed E-state index contributed by atoms with van der Waals surface area (Å²) < 4.78 is 5.49. The van der Waals surface area contributed by atoms with Gasteiger partial charge in [-0.2, -0.15) is 0 Å². The molecule has 1 aromatic carbocycles. The first-order valence-electron chi connectivity index (χ1n) is 6.85. The number of carbonyl (C=O) groups is 1. The van der Waals surface area contributed by atoms with E-state index in [1.807, 2.05) is 43.1 Å². The van der Waals surface area contributed by atoms with Crippen molar-refractivity contribution >= 4 is 5.91 Å². The van der Waals surface area contributed by atoms with Crippen molar-refractivity contribution in [1.29, 1.82) is 0 Å². The Morgan fingerprint density at radius 3 is 3.00 bits per heavy atom. The number of likely N-dealkylation sites (N-methyl/N-ethyl adjacent to an activating group) is 1. The van der Waals surface area contributed by atoms with E-state index < -0.39 is 0 Å². The van der Waals surface area contributed by atoms with E-state index in [4.69, 9.17) is 4.74 Å². The molecule has 0 aromatic heterocycles. The van der Waals surface area contributed by atoms with Crippen molar-refractivity contribution in [3.05, 3.63) is 35.4 Å². The number of rotatable bonds is 4. The number of hydrogen-bond donors (Lipinski definition) is 1. The van der Waals surface area contributed by atoms with Gasteiger partial charge in [0.2, 0.25) is 0 Å². The standard InChI is InChI=1S/C15H22N2O2/c1-12-11-17(9-10-19-12)15(18)14-6-4-3-5-13(14)7-8-16-2/h3-6,12,16H,7-11H2,1-2H3. The highest BCUT2D eigenvalue weighted by Crippen LogP contribution is 2.15. The van der Waals surface area contributed by atoms with Crippen LogP contribution in [0.4, 0.5) is 0 Å². The quantitative estimate of drug-likeness (QED) is 0.889. The second-order valence-corrected chi connectivity index (χ2v) is 4.94. The van der Waals surface area contributed by atoms with Crippen molar-refractivity contribution in [2.75, 3.05) is 33.3 Å². The molecule has 1 N–H and O–H groups in total. The molecular formula is C15H22N2O2. The molecule has 1 heterocycles. The van der Waals surface area contributed by atoms with Gasteiger partial charge in [-0.1, -0.05) is 18.2 Å². The molecular weight excluding hydrogens is 240 g/mol. The lowest BCUT2D eigenvalue weighted by molar-refractivity contribution is -0.0124. The second kappa shape index (κ2) is 6.68. The third kappa shape index (κ3) is 3.55. The van der Waals surface area contributed by atoms with Crippen LogP contribution in [0.5, 0.6) is 0 Å². The van der Waals surface area contributed by atoms with E-state index in [-0.39, 0.29) is 12.0 Å². The zero-order chi connectivity index (χ0) is 13.7. The van der Waals surface area contributed by atoms with Gasteiger partial charge in [0, 0.05) is 18.7 Å². The van der Waals surface area contributed by atoms with E-state index in [0.717, 1.165) is 24.1 Å². The molecule has 104 valence electrons. The van der Waals surface area contributed by atoms with Gasteiger partial charge < -0.3 is 15.0 Å². The summed E-state index contributed by atoms with van der Waals surface area (Å²) in [5.74, 6) is 0.127. The summed E-state index contributed by atoms with van der Waals surface area (Å²) >= 11 is 0. The smallest absolute Gasteiger partial charge is 0.254 e. The Morgan fingerprint density at radius 1 is 1.47 bits per heavy atom. The highest BCUT2D eigenvalue weighted by Gasteiger charge is 2.23. The van der Waals surface area contributed by atoms with Crippen LogP contribution < -0.4 is 5.32 Å². The molecule has 4 nitrogen and oxygen atoms in total. The number of amides is 1. The minimum absolute atomic E-state index is 0.127. The predicted molar refractivity (Wildman–Crippen MR) is 75.4 cm³/mol. The number of hydrogen-bond acceptors (Lipinski definition) is 3. The molecule has 19 heavy (non-hydrogen) atoms. The first kappa shape index (κ1) is 14.0. The molecule has 1 aliphatic rings. The van der Waals surface area contributed by atoms with Crippen molar-refractivity contribution in [3.8, 4) is 0 Å². The Balaban J connectivity index is 2.13. The van der Waals surface area contributed by atoms with Crippen molar-refractivity contribution < 1.29 is 9.53 Å². The number of nitrogens with one attached hydrogen (secondary N) is 1. The highest BCUT2D eigenvalue weighted by atomic mass is 16.5. The first-order chi connectivity index (χ1) is 9.22. The van der Waals surface area contributed by atoms with Gasteiger partial charge in [0.05, 0.1) is 12.7 Å². The van der Waals surface area contributed by atoms with Gasteiger partial charge in [-0.15, -0.1) is 0 Å². The van der Waals surface area contributed by atoms with Crippen LogP contribution in [0.25, 0.3) is 0 Å². The van der Waals surface area contributed by atoms with Crippen LogP contribution in [-0.2, 0) is 11.2 Å². The predicted octanol–water partition coefficient (Wildman–Crippen LogP) is 1.31. The average molecular weight is 262 g/mol. The summed E-state index contributed by atoms with van der Waals surface area (Å²) in [7, 11) is 1.92. The molecule has 1 saturated heterocycles. The van der Waals surface area contributed by atoms with Crippen LogP contribution in [0.15, 0.2) is 24.3 Å². The summed E-state index contributed by atoms with van der Waals surface area (Å²) in [5.41, 5.74) is 1.94. The van der Waals surface area contributed by atoms with Gasteiger partial charge in [0.15, 0.2) is 0 Å². The van der Waals surface area contributed by atoms with Gasteiger partial charge in [-0.3, -0.25) is 4.79 Å². The normalized spacial score (nSPS) is 19.5. The van der Waals surface area contributed by atoms with Crippen LogP contribution in [0.3, 0.4) is 0 Å². The van der Waals surface area contributed by atoms with E-state index in [9.17, 15) is 4.79 Å². The lowest BCUT2D eigenvalue weighted by Crippen LogP contribution is -2.44. The molecule has 0 spiro atoms. The molecule has 2 rings (SSSR count). The molecule has 0 bridgehead atoms. The Morgan fingerprint density at radius 2 is 2.26 bits per heavy atom. The molecule has 0 saturated carbocycles. The largest absolute Gasteiger partial charge is 0.375 e. The Bertz CT molecular complexity index is 434. The number of benzene rings is 1. The first-order valence-corrected chi connectivity index (χ1v) is 6.85. The fourth-order valence-electron chi connectivity index (χ4n) is 2.38. The fourth-order valence-corrected chi connectivity index (χ4v) is 2.38. The zero-order valence-electron chi connectivity index (χ0n) is 11.7. The van der Waals surface area contributed by atoms with Crippen molar-refractivity contribution in [3.63, 3.8) is 0 Å². The fraction of sp³-hybridized carbons (Fsp3) is 0.533. The minimum Gasteiger partial charge on any atom is -0.375 e. The minimum atomic E-state index is 0.127. The van der Waals surface area contributed by atoms with E-state index in [0.29, 0.717) is 19.7 Å². The van der Waals surface area contributed by atoms with Crippen LogP contribution >= 0.6 is 0 Å². The summed E-state index contributed by atoms with van der Waals surface area (Å²) in [4.78, 5) is 14.5. The Labute approximate surface area is 114 Å². The highest BCUT2D eigenvalue weighted by molar-refractivity contribution is 5.95. The Hall–Kier alpha value is -1.39. The SMILES string of the molecule is CNCCc1ccccc1C(=O)N1CCOC(C)C1. The van der Waals surface area contributed by atoms with Crippen molar-refractivity contribution in [1.82, 2.24) is 10.2 Å². The van der Waals surface area contributed by atoms with Gasteiger partial charge in [0.25, 0.3) is 5.91 Å². The summed E-state index contributed by atoms with van der Waals surface area (Å²) in [6.45, 7) is 4.88. The van der Waals surface area contributed by atoms with Gasteiger partial charge in [-0.05, 0) is 38.6 Å². The molecule has 1 atom stereocenters. The summed E-state index contributed by atoms with van der Waals surface area (Å²) in [6.07, 6.45) is 1.00. The summed E-state index contributed by atoms with van der Waals surface area (Å²) in [6, 6.07) is 7.88. The van der Waals surface area contributed by atoms with Crippen molar-refractivity contribution in [2.24, 2.45) is 0 Å². The maximum absolute atomic E-state index is 12.6. The monoisotopic (exact) mass is 262 g/mol. The van der Waals surface area contributed by atoms with E-state index in [2.05, 4.69) is 5.32 Å². The summed E-state index contributed by atoms with van der Waals surface area (Å²) in [5, 5.41) is 3.12. The zero-order valence-corrected chi connectivity index (χ0v) is 11.7. The van der Waals surface area contributed by atoms with E-state index in [1.54, 1.807) is 0 Å². The van der Waals surface area contributed by atoms with Crippen molar-refractivity contribution in [2.45, 2.75) is 19.4 Å². The second-order valence-electron chi connectivity index (χ2n) is 4.94. The lowest BCUT2D eigenvalue weighted by atomic mass is 10.0. The molecule has 0 aliphatic carbocycles. The number of carbonyl (C=O) groups excluding carboxylic acids is 1. The number of morpholine rings is 1. The van der Waals surface area contributed by atoms with Gasteiger partial charge in [0.1, 0.15) is 0 Å². The Kier molecular flexibility index (Phi) is 4.93. The average Bonchev–Trinajstić information content (AvgIpc) is 2.44. The molecule has 1 amide bonds. The maximum Gasteiger partial charge on any atom is 0.254 e. The van der Waals surface area contributed by atoms with Crippen LogP contribution in [-0.4, -0.2) is 50.2 Å². The number of nitrogens with zero attached hydrogens (tertiary/aromatic N) is 1. The van der Waals surface area contributed by atoms with Gasteiger partial charge >= 0.3 is 0 Å². The number of ether oxygens (including phenoxy) is 1. The van der Waals surface area contributed by atoms with Gasteiger partial charge in [-0.25, -0.2) is 0 Å². The molecule has 1 aromatic rings. The molecule has 0 radical (unpaired) electrons. The van der Waals surface area contributed by atoms with Crippen LogP contribution in [0.2, 0.25) is 0 Å². The lowest BCUT2D eigenvalue weighted by Gasteiger charge is -2.31. The van der Waals surface area contributed by atoms with Crippen LogP contribution in [0, 0.1) is 0 Å². The van der Waals surface area contributed by atoms with Crippen LogP contribution in [0.1, 0.15) is 22.8 Å². The third-order valence-corrected chi connectivity index (χ3v) is 3.42. The third-order valence-electron chi connectivity index (χ3n) is 3.42. The molecule has 1 aliphatic heterocycles. The molecule has 1 unspecified atom stereocenters. The van der Waals surface area contributed by atoms with E-state index in [1.165, 1.54) is 0 Å². The topological polar surface area (TPSA) is 41.6 Å². The van der Waals surface area contributed by atoms with E-state index >= 15 is 0 Å². The molecule has 4 heteroatoms. The molecule has 1 fully saturated rings.